The Balaban J connectivity index is 2.80. The SMILES string of the molecule is CCOC(=O)CC(Cc1cccc(C#N)c1)O[Si](C)(C)C. The van der Waals surface area contributed by atoms with E-state index in [0.717, 1.165) is 5.56 Å². The first-order chi connectivity index (χ1) is 9.84. The Labute approximate surface area is 127 Å². The molecule has 1 atom stereocenters. The smallest absolute Gasteiger partial charge is 0.308 e. The first-order valence-electron chi connectivity index (χ1n) is 7.16. The summed E-state index contributed by atoms with van der Waals surface area (Å²) in [5, 5.41) is 8.95. The van der Waals surface area contributed by atoms with Crippen molar-refractivity contribution in [3.8, 4) is 6.07 Å². The minimum atomic E-state index is -1.76. The Morgan fingerprint density at radius 3 is 2.67 bits per heavy atom. The summed E-state index contributed by atoms with van der Waals surface area (Å²) in [7, 11) is -1.76. The van der Waals surface area contributed by atoms with Gasteiger partial charge in [-0.3, -0.25) is 4.79 Å². The van der Waals surface area contributed by atoms with Crippen LogP contribution in [0.25, 0.3) is 0 Å². The molecule has 0 aromatic heterocycles. The zero-order valence-corrected chi connectivity index (χ0v) is 14.2. The minimum Gasteiger partial charge on any atom is -0.466 e. The van der Waals surface area contributed by atoms with Crippen molar-refractivity contribution in [3.05, 3.63) is 35.4 Å². The average Bonchev–Trinajstić information content (AvgIpc) is 2.37. The molecule has 4 nitrogen and oxygen atoms in total. The van der Waals surface area contributed by atoms with E-state index in [1.165, 1.54) is 0 Å². The van der Waals surface area contributed by atoms with Crippen molar-refractivity contribution in [1.82, 2.24) is 0 Å². The molecule has 0 saturated carbocycles. The van der Waals surface area contributed by atoms with Gasteiger partial charge in [0, 0.05) is 0 Å². The maximum atomic E-state index is 11.7. The lowest BCUT2D eigenvalue weighted by Crippen LogP contribution is -2.35. The minimum absolute atomic E-state index is 0.204. The molecule has 0 aliphatic heterocycles. The number of hydrogen-bond acceptors (Lipinski definition) is 4. The van der Waals surface area contributed by atoms with Gasteiger partial charge in [-0.05, 0) is 50.7 Å². The van der Waals surface area contributed by atoms with Gasteiger partial charge in [-0.2, -0.15) is 5.26 Å². The van der Waals surface area contributed by atoms with E-state index < -0.39 is 8.32 Å². The number of hydrogen-bond donors (Lipinski definition) is 0. The predicted molar refractivity (Wildman–Crippen MR) is 84.3 cm³/mol. The molecule has 5 heteroatoms. The fourth-order valence-electron chi connectivity index (χ4n) is 2.09. The predicted octanol–water partition coefficient (Wildman–Crippen LogP) is 3.27. The first kappa shape index (κ1) is 17.4. The van der Waals surface area contributed by atoms with Gasteiger partial charge in [-0.25, -0.2) is 0 Å². The summed E-state index contributed by atoms with van der Waals surface area (Å²) >= 11 is 0. The average molecular weight is 305 g/mol. The highest BCUT2D eigenvalue weighted by Crippen LogP contribution is 2.16. The van der Waals surface area contributed by atoms with E-state index in [-0.39, 0.29) is 18.5 Å². The van der Waals surface area contributed by atoms with Gasteiger partial charge in [0.25, 0.3) is 0 Å². The summed E-state index contributed by atoms with van der Waals surface area (Å²) in [5.74, 6) is -0.239. The van der Waals surface area contributed by atoms with E-state index in [1.54, 1.807) is 13.0 Å². The maximum Gasteiger partial charge on any atom is 0.308 e. The zero-order chi connectivity index (χ0) is 15.9. The van der Waals surface area contributed by atoms with Gasteiger partial charge in [0.15, 0.2) is 8.32 Å². The first-order valence-corrected chi connectivity index (χ1v) is 10.6. The van der Waals surface area contributed by atoms with Crippen LogP contribution in [0.5, 0.6) is 0 Å². The number of nitrogens with zero attached hydrogens (tertiary/aromatic N) is 1. The molecular formula is C16H23NO3Si. The molecule has 0 N–H and O–H groups in total. The van der Waals surface area contributed by atoms with Gasteiger partial charge in [-0.15, -0.1) is 0 Å². The summed E-state index contributed by atoms with van der Waals surface area (Å²) in [6.45, 7) is 8.45. The van der Waals surface area contributed by atoms with Gasteiger partial charge < -0.3 is 9.16 Å². The Hall–Kier alpha value is -1.64. The molecule has 0 spiro atoms. The number of esters is 1. The molecule has 0 saturated heterocycles. The van der Waals surface area contributed by atoms with Gasteiger partial charge >= 0.3 is 5.97 Å². The number of rotatable bonds is 7. The molecule has 0 bridgehead atoms. The molecule has 0 fully saturated rings. The number of ether oxygens (including phenoxy) is 1. The molecule has 0 radical (unpaired) electrons. The Bertz CT molecular complexity index is 517. The highest BCUT2D eigenvalue weighted by atomic mass is 28.4. The van der Waals surface area contributed by atoms with Crippen LogP contribution < -0.4 is 0 Å². The van der Waals surface area contributed by atoms with Crippen LogP contribution in [0.3, 0.4) is 0 Å². The normalized spacial score (nSPS) is 12.5. The highest BCUT2D eigenvalue weighted by molar-refractivity contribution is 6.69. The number of carbonyl (C=O) groups is 1. The lowest BCUT2D eigenvalue weighted by molar-refractivity contribution is -0.145. The molecule has 21 heavy (non-hydrogen) atoms. The van der Waals surface area contributed by atoms with Crippen LogP contribution in [-0.2, 0) is 20.4 Å². The van der Waals surface area contributed by atoms with Crippen LogP contribution in [0.15, 0.2) is 24.3 Å². The summed E-state index contributed by atoms with van der Waals surface area (Å²) < 4.78 is 11.1. The van der Waals surface area contributed by atoms with E-state index in [9.17, 15) is 4.79 Å². The largest absolute Gasteiger partial charge is 0.466 e. The van der Waals surface area contributed by atoms with Crippen LogP contribution in [0, 0.1) is 11.3 Å². The van der Waals surface area contributed by atoms with Gasteiger partial charge in [0.1, 0.15) is 0 Å². The second-order valence-electron chi connectivity index (χ2n) is 5.88. The summed E-state index contributed by atoms with van der Waals surface area (Å²) in [5.41, 5.74) is 1.62. The van der Waals surface area contributed by atoms with Crippen LogP contribution in [0.4, 0.5) is 0 Å². The lowest BCUT2D eigenvalue weighted by Gasteiger charge is -2.26. The van der Waals surface area contributed by atoms with Gasteiger partial charge in [-0.1, -0.05) is 12.1 Å². The monoisotopic (exact) mass is 305 g/mol. The standard InChI is InChI=1S/C16H23NO3Si/c1-5-19-16(18)11-15(20-21(2,3)4)10-13-7-6-8-14(9-13)12-17/h6-9,15H,5,10-11H2,1-4H3. The lowest BCUT2D eigenvalue weighted by atomic mass is 10.0. The van der Waals surface area contributed by atoms with Crippen molar-refractivity contribution < 1.29 is 14.0 Å². The molecule has 0 amide bonds. The number of benzene rings is 1. The van der Waals surface area contributed by atoms with Crippen molar-refractivity contribution in [3.63, 3.8) is 0 Å². The fourth-order valence-corrected chi connectivity index (χ4v) is 3.26. The third-order valence-corrected chi connectivity index (χ3v) is 3.78. The molecule has 1 aromatic rings. The topological polar surface area (TPSA) is 59.3 Å². The summed E-state index contributed by atoms with van der Waals surface area (Å²) in [6, 6.07) is 9.53. The van der Waals surface area contributed by atoms with E-state index in [0.29, 0.717) is 18.6 Å². The quantitative estimate of drug-likeness (QED) is 0.573. The summed E-state index contributed by atoms with van der Waals surface area (Å²) in [6.07, 6.45) is 0.651. The van der Waals surface area contributed by atoms with E-state index >= 15 is 0 Å². The molecule has 1 unspecified atom stereocenters. The second kappa shape index (κ2) is 7.96. The maximum absolute atomic E-state index is 11.7. The highest BCUT2D eigenvalue weighted by Gasteiger charge is 2.24. The third kappa shape index (κ3) is 7.07. The molecule has 114 valence electrons. The van der Waals surface area contributed by atoms with Crippen molar-refractivity contribution in [1.29, 1.82) is 5.26 Å². The summed E-state index contributed by atoms with van der Waals surface area (Å²) in [4.78, 5) is 11.7. The number of carbonyl (C=O) groups excluding carboxylic acids is 1. The van der Waals surface area contributed by atoms with Gasteiger partial charge in [0.05, 0.1) is 30.8 Å². The van der Waals surface area contributed by atoms with Crippen molar-refractivity contribution in [2.75, 3.05) is 6.61 Å². The van der Waals surface area contributed by atoms with Crippen LogP contribution in [-0.4, -0.2) is 27.0 Å². The Morgan fingerprint density at radius 1 is 1.38 bits per heavy atom. The van der Waals surface area contributed by atoms with Crippen LogP contribution >= 0.6 is 0 Å². The zero-order valence-electron chi connectivity index (χ0n) is 13.2. The van der Waals surface area contributed by atoms with Gasteiger partial charge in [0.2, 0.25) is 0 Å². The Morgan fingerprint density at radius 2 is 2.10 bits per heavy atom. The van der Waals surface area contributed by atoms with E-state index in [1.807, 2.05) is 18.2 Å². The third-order valence-electron chi connectivity index (χ3n) is 2.74. The molecule has 1 rings (SSSR count). The molecule has 0 aliphatic rings. The Kier molecular flexibility index (Phi) is 6.60. The molecule has 0 aliphatic carbocycles. The van der Waals surface area contributed by atoms with Crippen molar-refractivity contribution in [2.45, 2.75) is 45.5 Å². The number of nitriles is 1. The molecule has 0 heterocycles. The van der Waals surface area contributed by atoms with Crippen molar-refractivity contribution >= 4 is 14.3 Å². The second-order valence-corrected chi connectivity index (χ2v) is 10.3. The molecule has 1 aromatic carbocycles. The van der Waals surface area contributed by atoms with Crippen LogP contribution in [0.2, 0.25) is 19.6 Å². The fraction of sp³-hybridized carbons (Fsp3) is 0.500. The van der Waals surface area contributed by atoms with Crippen LogP contribution in [0.1, 0.15) is 24.5 Å². The van der Waals surface area contributed by atoms with E-state index in [4.69, 9.17) is 14.4 Å². The van der Waals surface area contributed by atoms with E-state index in [2.05, 4.69) is 25.7 Å². The van der Waals surface area contributed by atoms with Crippen molar-refractivity contribution in [2.24, 2.45) is 0 Å². The molecular weight excluding hydrogens is 282 g/mol.